The van der Waals surface area contributed by atoms with Crippen LogP contribution in [0.2, 0.25) is 5.02 Å². The molecule has 186 valence electrons. The zero-order valence-corrected chi connectivity index (χ0v) is 20.9. The maximum Gasteiger partial charge on any atom is 0.300 e. The number of aliphatic hydroxyl groups excluding tert-OH is 1. The average Bonchev–Trinajstić information content (AvgIpc) is 3.17. The molecule has 36 heavy (non-hydrogen) atoms. The van der Waals surface area contributed by atoms with Gasteiger partial charge in [0.15, 0.2) is 0 Å². The minimum atomic E-state index is -0.898. The minimum absolute atomic E-state index is 0.0483. The number of carbonyl (C=O) groups excluding carboxylic acids is 2. The van der Waals surface area contributed by atoms with Crippen LogP contribution < -0.4 is 19.1 Å². The normalized spacial score (nSPS) is 16.8. The molecule has 0 aliphatic carbocycles. The van der Waals surface area contributed by atoms with Gasteiger partial charge in [-0.25, -0.2) is 0 Å². The van der Waals surface area contributed by atoms with Crippen LogP contribution in [0.15, 0.2) is 72.3 Å². The van der Waals surface area contributed by atoms with E-state index >= 15 is 0 Å². The summed E-state index contributed by atoms with van der Waals surface area (Å²) in [5, 5.41) is 11.7. The minimum Gasteiger partial charge on any atom is -0.507 e. The van der Waals surface area contributed by atoms with E-state index in [9.17, 15) is 14.7 Å². The summed E-state index contributed by atoms with van der Waals surface area (Å²) >= 11 is 6.15. The van der Waals surface area contributed by atoms with Crippen molar-refractivity contribution in [2.24, 2.45) is 0 Å². The van der Waals surface area contributed by atoms with Crippen molar-refractivity contribution >= 4 is 34.7 Å². The number of carbonyl (C=O) groups is 2. The molecular formula is C28H26ClNO6. The van der Waals surface area contributed by atoms with Crippen LogP contribution in [0.3, 0.4) is 0 Å². The first kappa shape index (κ1) is 25.1. The molecule has 1 amide bonds. The van der Waals surface area contributed by atoms with E-state index in [1.165, 1.54) is 18.1 Å². The molecule has 1 N–H and O–H groups in total. The Balaban J connectivity index is 1.91. The highest BCUT2D eigenvalue weighted by atomic mass is 35.5. The van der Waals surface area contributed by atoms with E-state index in [4.69, 9.17) is 25.8 Å². The van der Waals surface area contributed by atoms with E-state index in [1.54, 1.807) is 61.7 Å². The molecule has 0 radical (unpaired) electrons. The summed E-state index contributed by atoms with van der Waals surface area (Å²) in [5.41, 5.74) is 1.34. The number of nitrogens with zero attached hydrogens (tertiary/aromatic N) is 1. The highest BCUT2D eigenvalue weighted by Crippen LogP contribution is 2.43. The largest absolute Gasteiger partial charge is 0.507 e. The van der Waals surface area contributed by atoms with Gasteiger partial charge in [-0.1, -0.05) is 30.7 Å². The highest BCUT2D eigenvalue weighted by molar-refractivity contribution is 6.51. The second-order valence-electron chi connectivity index (χ2n) is 8.14. The van der Waals surface area contributed by atoms with Gasteiger partial charge in [0.2, 0.25) is 0 Å². The quantitative estimate of drug-likeness (QED) is 0.236. The van der Waals surface area contributed by atoms with Crippen molar-refractivity contribution < 1.29 is 28.9 Å². The molecule has 8 heteroatoms. The fourth-order valence-corrected chi connectivity index (χ4v) is 4.31. The van der Waals surface area contributed by atoms with Crippen LogP contribution in [0.5, 0.6) is 17.2 Å². The Morgan fingerprint density at radius 2 is 1.72 bits per heavy atom. The van der Waals surface area contributed by atoms with Gasteiger partial charge in [0.25, 0.3) is 11.7 Å². The van der Waals surface area contributed by atoms with Gasteiger partial charge >= 0.3 is 0 Å². The number of benzene rings is 3. The van der Waals surface area contributed by atoms with Gasteiger partial charge in [0.1, 0.15) is 23.0 Å². The standard InChI is InChI=1S/C28H26ClNO6/c1-4-14-36-21-7-5-6-17(15-21)25-24(26(31)18-8-13-22(29)23(16-18)35-3)27(32)28(33)30(25)19-9-11-20(34-2)12-10-19/h5-13,15-16,25,31H,4,14H2,1-3H3/b26-24-. The monoisotopic (exact) mass is 507 g/mol. The lowest BCUT2D eigenvalue weighted by Gasteiger charge is -2.26. The van der Waals surface area contributed by atoms with Crippen LogP contribution in [0, 0.1) is 0 Å². The number of ether oxygens (including phenoxy) is 3. The molecule has 1 saturated heterocycles. The first-order chi connectivity index (χ1) is 17.4. The summed E-state index contributed by atoms with van der Waals surface area (Å²) in [6, 6.07) is 17.7. The molecule has 3 aromatic carbocycles. The predicted octanol–water partition coefficient (Wildman–Crippen LogP) is 5.77. The molecule has 1 fully saturated rings. The Hall–Kier alpha value is -3.97. The number of hydrogen-bond acceptors (Lipinski definition) is 6. The average molecular weight is 508 g/mol. The van der Waals surface area contributed by atoms with Gasteiger partial charge in [0.05, 0.1) is 37.5 Å². The number of anilines is 1. The lowest BCUT2D eigenvalue weighted by molar-refractivity contribution is -0.132. The maximum atomic E-state index is 13.4. The number of amides is 1. The Labute approximate surface area is 214 Å². The molecule has 0 bridgehead atoms. The summed E-state index contributed by atoms with van der Waals surface area (Å²) in [7, 11) is 3.00. The Bertz CT molecular complexity index is 1320. The van der Waals surface area contributed by atoms with Crippen molar-refractivity contribution in [3.63, 3.8) is 0 Å². The number of hydrogen-bond donors (Lipinski definition) is 1. The molecule has 0 saturated carbocycles. The molecule has 1 aliphatic rings. The van der Waals surface area contributed by atoms with Crippen LogP contribution >= 0.6 is 11.6 Å². The molecular weight excluding hydrogens is 482 g/mol. The van der Waals surface area contributed by atoms with Crippen molar-refractivity contribution in [2.45, 2.75) is 19.4 Å². The third-order valence-electron chi connectivity index (χ3n) is 5.87. The van der Waals surface area contributed by atoms with Crippen molar-refractivity contribution in [1.82, 2.24) is 0 Å². The van der Waals surface area contributed by atoms with Crippen LogP contribution in [0.25, 0.3) is 5.76 Å². The van der Waals surface area contributed by atoms with Gasteiger partial charge in [-0.05, 0) is 66.6 Å². The second-order valence-corrected chi connectivity index (χ2v) is 8.54. The van der Waals surface area contributed by atoms with E-state index in [0.29, 0.717) is 45.7 Å². The van der Waals surface area contributed by atoms with Crippen LogP contribution in [0.1, 0.15) is 30.5 Å². The highest BCUT2D eigenvalue weighted by Gasteiger charge is 2.47. The molecule has 1 heterocycles. The summed E-state index contributed by atoms with van der Waals surface area (Å²) in [6.45, 7) is 2.52. The third kappa shape index (κ3) is 4.75. The van der Waals surface area contributed by atoms with Crippen LogP contribution in [-0.2, 0) is 9.59 Å². The van der Waals surface area contributed by atoms with E-state index in [2.05, 4.69) is 0 Å². The maximum absolute atomic E-state index is 13.4. The van der Waals surface area contributed by atoms with E-state index in [-0.39, 0.29) is 11.3 Å². The van der Waals surface area contributed by atoms with Gasteiger partial charge in [0, 0.05) is 11.3 Å². The molecule has 4 rings (SSSR count). The molecule has 3 aromatic rings. The SMILES string of the molecule is CCCOc1cccc(C2/C(=C(/O)c3ccc(Cl)c(OC)c3)C(=O)C(=O)N2c2ccc(OC)cc2)c1. The van der Waals surface area contributed by atoms with Crippen molar-refractivity contribution in [2.75, 3.05) is 25.7 Å². The number of methoxy groups -OCH3 is 2. The van der Waals surface area contributed by atoms with E-state index in [0.717, 1.165) is 6.42 Å². The van der Waals surface area contributed by atoms with Crippen LogP contribution in [-0.4, -0.2) is 37.6 Å². The molecule has 1 unspecified atom stereocenters. The fourth-order valence-electron chi connectivity index (χ4n) is 4.11. The van der Waals surface area contributed by atoms with Crippen molar-refractivity contribution in [3.05, 3.63) is 88.5 Å². The lowest BCUT2D eigenvalue weighted by atomic mass is 9.95. The van der Waals surface area contributed by atoms with Gasteiger partial charge in [-0.2, -0.15) is 0 Å². The fraction of sp³-hybridized carbons (Fsp3) is 0.214. The van der Waals surface area contributed by atoms with Gasteiger partial charge in [-0.15, -0.1) is 0 Å². The van der Waals surface area contributed by atoms with Gasteiger partial charge in [-0.3, -0.25) is 14.5 Å². The van der Waals surface area contributed by atoms with Crippen molar-refractivity contribution in [3.8, 4) is 17.2 Å². The molecule has 1 atom stereocenters. The number of aliphatic hydroxyl groups is 1. The summed E-state index contributed by atoms with van der Waals surface area (Å²) in [6.07, 6.45) is 0.826. The zero-order valence-electron chi connectivity index (χ0n) is 20.2. The summed E-state index contributed by atoms with van der Waals surface area (Å²) in [4.78, 5) is 28.1. The Morgan fingerprint density at radius 3 is 2.39 bits per heavy atom. The summed E-state index contributed by atoms with van der Waals surface area (Å²) < 4.78 is 16.3. The number of Topliss-reactive ketones (excluding diaryl/α,β-unsaturated/α-hetero) is 1. The Kier molecular flexibility index (Phi) is 7.50. The summed E-state index contributed by atoms with van der Waals surface area (Å²) in [5.74, 6) is -0.353. The van der Waals surface area contributed by atoms with E-state index in [1.807, 2.05) is 13.0 Å². The first-order valence-corrected chi connectivity index (χ1v) is 11.8. The predicted molar refractivity (Wildman–Crippen MR) is 138 cm³/mol. The first-order valence-electron chi connectivity index (χ1n) is 11.4. The molecule has 0 aromatic heterocycles. The number of halogens is 1. The number of ketones is 1. The van der Waals surface area contributed by atoms with Crippen molar-refractivity contribution in [1.29, 1.82) is 0 Å². The molecule has 0 spiro atoms. The topological polar surface area (TPSA) is 85.3 Å². The molecule has 7 nitrogen and oxygen atoms in total. The van der Waals surface area contributed by atoms with Crippen LogP contribution in [0.4, 0.5) is 5.69 Å². The third-order valence-corrected chi connectivity index (χ3v) is 6.18. The smallest absolute Gasteiger partial charge is 0.300 e. The van der Waals surface area contributed by atoms with E-state index < -0.39 is 17.7 Å². The zero-order chi connectivity index (χ0) is 25.8. The molecule has 1 aliphatic heterocycles. The number of rotatable bonds is 8. The van der Waals surface area contributed by atoms with Gasteiger partial charge < -0.3 is 19.3 Å². The Morgan fingerprint density at radius 1 is 0.972 bits per heavy atom. The second kappa shape index (κ2) is 10.7. The lowest BCUT2D eigenvalue weighted by Crippen LogP contribution is -2.29.